The maximum atomic E-state index is 8.46. The summed E-state index contributed by atoms with van der Waals surface area (Å²) in [6.07, 6.45) is 4.23. The lowest BCUT2D eigenvalue weighted by atomic mass is 10.2. The summed E-state index contributed by atoms with van der Waals surface area (Å²) in [5.41, 5.74) is 6.29. The van der Waals surface area contributed by atoms with Gasteiger partial charge in [-0.15, -0.1) is 0 Å². The molecule has 0 aliphatic carbocycles. The molecule has 0 atom stereocenters. The van der Waals surface area contributed by atoms with Crippen molar-refractivity contribution in [1.82, 2.24) is 0 Å². The number of hydrogen-bond donors (Lipinski definition) is 1. The molecule has 0 radical (unpaired) electrons. The molecule has 1 rings (SSSR count). The molecule has 0 bridgehead atoms. The summed E-state index contributed by atoms with van der Waals surface area (Å²) >= 11 is 0. The average Bonchev–Trinajstić information content (AvgIpc) is 2.43. The molecule has 0 saturated heterocycles. The maximum absolute atomic E-state index is 8.46. The highest BCUT2D eigenvalue weighted by molar-refractivity contribution is 5.75. The number of hydrogen-bond acceptors (Lipinski definition) is 3. The SMILES string of the molecule is N#C/C(=C\N)c1ccoc1. The van der Waals surface area contributed by atoms with Crippen LogP contribution >= 0.6 is 0 Å². The summed E-state index contributed by atoms with van der Waals surface area (Å²) < 4.78 is 4.75. The van der Waals surface area contributed by atoms with Crippen LogP contribution < -0.4 is 5.73 Å². The lowest BCUT2D eigenvalue weighted by molar-refractivity contribution is 0.566. The lowest BCUT2D eigenvalue weighted by Crippen LogP contribution is -1.83. The van der Waals surface area contributed by atoms with Crippen molar-refractivity contribution in [3.8, 4) is 6.07 Å². The molecule has 50 valence electrons. The fourth-order valence-electron chi connectivity index (χ4n) is 0.616. The minimum absolute atomic E-state index is 0.425. The first kappa shape index (κ1) is 6.43. The topological polar surface area (TPSA) is 63.0 Å². The molecule has 2 N–H and O–H groups in total. The highest BCUT2D eigenvalue weighted by atomic mass is 16.3. The van der Waals surface area contributed by atoms with E-state index in [9.17, 15) is 0 Å². The molecule has 1 aromatic heterocycles. The Hall–Kier alpha value is -1.69. The summed E-state index contributed by atoms with van der Waals surface area (Å²) in [4.78, 5) is 0. The Labute approximate surface area is 58.4 Å². The smallest absolute Gasteiger partial charge is 0.101 e. The quantitative estimate of drug-likeness (QED) is 0.585. The summed E-state index contributed by atoms with van der Waals surface area (Å²) in [6.45, 7) is 0. The molecule has 3 nitrogen and oxygen atoms in total. The number of nitrogens with two attached hydrogens (primary N) is 1. The maximum Gasteiger partial charge on any atom is 0.101 e. The van der Waals surface area contributed by atoms with Crippen molar-refractivity contribution >= 4 is 5.57 Å². The zero-order chi connectivity index (χ0) is 7.40. The van der Waals surface area contributed by atoms with Crippen LogP contribution in [0, 0.1) is 11.3 Å². The molecule has 0 unspecified atom stereocenters. The molecule has 0 saturated carbocycles. The third-order valence-corrected chi connectivity index (χ3v) is 1.12. The van der Waals surface area contributed by atoms with E-state index < -0.39 is 0 Å². The van der Waals surface area contributed by atoms with Gasteiger partial charge in [0.05, 0.1) is 18.1 Å². The Balaban J connectivity index is 2.99. The van der Waals surface area contributed by atoms with E-state index in [-0.39, 0.29) is 0 Å². The van der Waals surface area contributed by atoms with E-state index in [1.54, 1.807) is 6.07 Å². The number of furan rings is 1. The predicted molar refractivity (Wildman–Crippen MR) is 36.5 cm³/mol. The van der Waals surface area contributed by atoms with Crippen molar-refractivity contribution in [3.63, 3.8) is 0 Å². The van der Waals surface area contributed by atoms with E-state index in [1.807, 2.05) is 6.07 Å². The molecule has 0 aliphatic rings. The number of rotatable bonds is 1. The molecule has 0 amide bonds. The Kier molecular flexibility index (Phi) is 1.76. The zero-order valence-electron chi connectivity index (χ0n) is 5.24. The first-order chi connectivity index (χ1) is 4.88. The van der Waals surface area contributed by atoms with Gasteiger partial charge in [0.2, 0.25) is 0 Å². The summed E-state index contributed by atoms with van der Waals surface area (Å²) in [7, 11) is 0. The standard InChI is InChI=1S/C7H6N2O/c8-3-7(4-9)6-1-2-10-5-6/h1-3,5H,8H2/b7-3+. The van der Waals surface area contributed by atoms with Gasteiger partial charge < -0.3 is 10.2 Å². The molecule has 0 aliphatic heterocycles. The minimum atomic E-state index is 0.425. The van der Waals surface area contributed by atoms with E-state index in [0.29, 0.717) is 11.1 Å². The van der Waals surface area contributed by atoms with Crippen molar-refractivity contribution < 1.29 is 4.42 Å². The highest BCUT2D eigenvalue weighted by Gasteiger charge is 1.98. The third-order valence-electron chi connectivity index (χ3n) is 1.12. The van der Waals surface area contributed by atoms with E-state index in [0.717, 1.165) is 0 Å². The van der Waals surface area contributed by atoms with Crippen molar-refractivity contribution in [2.24, 2.45) is 5.73 Å². The van der Waals surface area contributed by atoms with Crippen molar-refractivity contribution in [3.05, 3.63) is 30.4 Å². The van der Waals surface area contributed by atoms with Gasteiger partial charge in [-0.2, -0.15) is 5.26 Å². The fourth-order valence-corrected chi connectivity index (χ4v) is 0.616. The Bertz CT molecular complexity index is 266. The van der Waals surface area contributed by atoms with E-state index in [2.05, 4.69) is 0 Å². The second-order valence-corrected chi connectivity index (χ2v) is 1.70. The van der Waals surface area contributed by atoms with Gasteiger partial charge in [0, 0.05) is 11.8 Å². The molecular formula is C7H6N2O. The Morgan fingerprint density at radius 3 is 3.00 bits per heavy atom. The molecule has 0 spiro atoms. The van der Waals surface area contributed by atoms with Crippen LogP contribution in [0.3, 0.4) is 0 Å². The lowest BCUT2D eigenvalue weighted by Gasteiger charge is -1.85. The number of allylic oxidation sites excluding steroid dienone is 1. The van der Waals surface area contributed by atoms with Crippen molar-refractivity contribution in [2.75, 3.05) is 0 Å². The highest BCUT2D eigenvalue weighted by Crippen LogP contribution is 2.11. The van der Waals surface area contributed by atoms with Gasteiger partial charge in [0.15, 0.2) is 0 Å². The van der Waals surface area contributed by atoms with Gasteiger partial charge in [0.1, 0.15) is 6.07 Å². The number of nitrogens with zero attached hydrogens (tertiary/aromatic N) is 1. The van der Waals surface area contributed by atoms with Crippen LogP contribution in [-0.4, -0.2) is 0 Å². The van der Waals surface area contributed by atoms with E-state index >= 15 is 0 Å². The Morgan fingerprint density at radius 2 is 2.60 bits per heavy atom. The van der Waals surface area contributed by atoms with Crippen LogP contribution in [-0.2, 0) is 0 Å². The first-order valence-electron chi connectivity index (χ1n) is 2.73. The van der Waals surface area contributed by atoms with E-state index in [1.165, 1.54) is 18.7 Å². The van der Waals surface area contributed by atoms with Gasteiger partial charge in [-0.1, -0.05) is 0 Å². The Morgan fingerprint density at radius 1 is 1.80 bits per heavy atom. The number of nitriles is 1. The predicted octanol–water partition coefficient (Wildman–Crippen LogP) is 1.10. The second kappa shape index (κ2) is 2.74. The average molecular weight is 134 g/mol. The zero-order valence-corrected chi connectivity index (χ0v) is 5.24. The summed E-state index contributed by atoms with van der Waals surface area (Å²) in [5, 5.41) is 8.46. The van der Waals surface area contributed by atoms with Crippen LogP contribution in [0.2, 0.25) is 0 Å². The van der Waals surface area contributed by atoms with Crippen LogP contribution in [0.1, 0.15) is 5.56 Å². The van der Waals surface area contributed by atoms with Gasteiger partial charge in [-0.05, 0) is 6.07 Å². The largest absolute Gasteiger partial charge is 0.472 e. The molecule has 1 heterocycles. The van der Waals surface area contributed by atoms with Crippen LogP contribution in [0.25, 0.3) is 5.57 Å². The van der Waals surface area contributed by atoms with Gasteiger partial charge in [-0.25, -0.2) is 0 Å². The van der Waals surface area contributed by atoms with Crippen LogP contribution in [0.15, 0.2) is 29.2 Å². The van der Waals surface area contributed by atoms with Crippen LogP contribution in [0.5, 0.6) is 0 Å². The second-order valence-electron chi connectivity index (χ2n) is 1.70. The molecule has 10 heavy (non-hydrogen) atoms. The van der Waals surface area contributed by atoms with E-state index in [4.69, 9.17) is 15.4 Å². The van der Waals surface area contributed by atoms with Crippen molar-refractivity contribution in [2.45, 2.75) is 0 Å². The summed E-state index contributed by atoms with van der Waals surface area (Å²) in [5.74, 6) is 0. The molecular weight excluding hydrogens is 128 g/mol. The molecule has 0 aromatic carbocycles. The third kappa shape index (κ3) is 1.00. The fraction of sp³-hybridized carbons (Fsp3) is 0. The monoisotopic (exact) mass is 134 g/mol. The van der Waals surface area contributed by atoms with Gasteiger partial charge >= 0.3 is 0 Å². The van der Waals surface area contributed by atoms with Crippen molar-refractivity contribution in [1.29, 1.82) is 5.26 Å². The van der Waals surface area contributed by atoms with Gasteiger partial charge in [0.25, 0.3) is 0 Å². The molecule has 1 aromatic rings. The summed E-state index contributed by atoms with van der Waals surface area (Å²) in [6, 6.07) is 3.61. The minimum Gasteiger partial charge on any atom is -0.472 e. The van der Waals surface area contributed by atoms with Gasteiger partial charge in [-0.3, -0.25) is 0 Å². The molecule has 3 heteroatoms. The molecule has 0 fully saturated rings. The first-order valence-corrected chi connectivity index (χ1v) is 2.73. The normalized spacial score (nSPS) is 10.9. The van der Waals surface area contributed by atoms with Crippen LogP contribution in [0.4, 0.5) is 0 Å².